The summed E-state index contributed by atoms with van der Waals surface area (Å²) in [5, 5.41) is 3.00. The molecule has 2 unspecified atom stereocenters. The zero-order chi connectivity index (χ0) is 14.4. The quantitative estimate of drug-likeness (QED) is 0.790. The Kier molecular flexibility index (Phi) is 3.40. The molecule has 2 atom stereocenters. The van der Waals surface area contributed by atoms with Crippen molar-refractivity contribution in [3.05, 3.63) is 0 Å². The number of rotatable bonds is 1. The summed E-state index contributed by atoms with van der Waals surface area (Å²) >= 11 is 0. The Morgan fingerprint density at radius 1 is 1.26 bits per heavy atom. The number of amides is 2. The number of carbonyl (C=O) groups excluding carboxylic acids is 2. The highest BCUT2D eigenvalue weighted by Crippen LogP contribution is 2.37. The second-order valence-corrected chi connectivity index (χ2v) is 7.21. The van der Waals surface area contributed by atoms with Crippen molar-refractivity contribution in [3.8, 4) is 0 Å². The summed E-state index contributed by atoms with van der Waals surface area (Å²) in [6, 6.07) is -0.313. The van der Waals surface area contributed by atoms with Crippen LogP contribution in [0.3, 0.4) is 0 Å². The topological polar surface area (TPSA) is 49.4 Å². The van der Waals surface area contributed by atoms with Gasteiger partial charge in [0.05, 0.1) is 0 Å². The predicted octanol–water partition coefficient (Wildman–Crippen LogP) is 2.08. The fraction of sp³-hybridized carbons (Fsp3) is 0.867. The highest BCUT2D eigenvalue weighted by atomic mass is 16.2. The van der Waals surface area contributed by atoms with Gasteiger partial charge in [-0.2, -0.15) is 0 Å². The minimum atomic E-state index is -0.608. The van der Waals surface area contributed by atoms with Gasteiger partial charge in [-0.05, 0) is 32.1 Å². The van der Waals surface area contributed by atoms with Crippen LogP contribution in [0.4, 0.5) is 0 Å². The van der Waals surface area contributed by atoms with Gasteiger partial charge < -0.3 is 10.2 Å². The molecule has 2 fully saturated rings. The van der Waals surface area contributed by atoms with Gasteiger partial charge in [0.2, 0.25) is 11.8 Å². The van der Waals surface area contributed by atoms with Crippen molar-refractivity contribution < 1.29 is 9.59 Å². The molecule has 1 aliphatic carbocycles. The van der Waals surface area contributed by atoms with E-state index < -0.39 is 5.54 Å². The molecule has 4 heteroatoms. The van der Waals surface area contributed by atoms with E-state index in [1.807, 2.05) is 11.8 Å². The molecule has 2 rings (SSSR count). The van der Waals surface area contributed by atoms with Gasteiger partial charge in [-0.15, -0.1) is 0 Å². The molecule has 1 heterocycles. The first-order valence-corrected chi connectivity index (χ1v) is 7.34. The van der Waals surface area contributed by atoms with E-state index in [1.165, 1.54) is 0 Å². The van der Waals surface area contributed by atoms with Crippen molar-refractivity contribution in [2.24, 2.45) is 5.41 Å². The molecule has 1 spiro atoms. The van der Waals surface area contributed by atoms with Crippen molar-refractivity contribution >= 4 is 11.8 Å². The number of carbonyl (C=O) groups is 2. The molecule has 1 saturated heterocycles. The molecular weight excluding hydrogens is 240 g/mol. The van der Waals surface area contributed by atoms with Gasteiger partial charge in [0, 0.05) is 6.04 Å². The number of hydrogen-bond donors (Lipinski definition) is 1. The Hall–Kier alpha value is -1.06. The van der Waals surface area contributed by atoms with Crippen molar-refractivity contribution in [1.29, 1.82) is 0 Å². The monoisotopic (exact) mass is 266 g/mol. The molecule has 1 saturated carbocycles. The molecule has 0 aromatic rings. The molecule has 0 aromatic heterocycles. The average Bonchev–Trinajstić information content (AvgIpc) is 2.75. The first kappa shape index (κ1) is 14.4. The molecule has 2 aliphatic rings. The standard InChI is InChI=1S/C15H26N2O2/c1-10-12(18)16-15(8-6-7-9-15)13(19)17(10)11(2)14(3,4)5/h10-11H,6-9H2,1-5H3,(H,16,18). The number of nitrogens with zero attached hydrogens (tertiary/aromatic N) is 1. The summed E-state index contributed by atoms with van der Waals surface area (Å²) < 4.78 is 0. The fourth-order valence-electron chi connectivity index (χ4n) is 3.19. The second-order valence-electron chi connectivity index (χ2n) is 7.21. The maximum atomic E-state index is 12.9. The van der Waals surface area contributed by atoms with E-state index in [0.29, 0.717) is 0 Å². The van der Waals surface area contributed by atoms with Crippen LogP contribution in [0, 0.1) is 5.41 Å². The van der Waals surface area contributed by atoms with E-state index in [0.717, 1.165) is 25.7 Å². The van der Waals surface area contributed by atoms with E-state index in [1.54, 1.807) is 0 Å². The third kappa shape index (κ3) is 2.26. The smallest absolute Gasteiger partial charge is 0.249 e. The molecule has 0 bridgehead atoms. The van der Waals surface area contributed by atoms with E-state index >= 15 is 0 Å². The normalized spacial score (nSPS) is 28.7. The van der Waals surface area contributed by atoms with Gasteiger partial charge in [0.1, 0.15) is 11.6 Å². The van der Waals surface area contributed by atoms with Crippen LogP contribution in [0.1, 0.15) is 60.3 Å². The van der Waals surface area contributed by atoms with Crippen LogP contribution in [-0.2, 0) is 9.59 Å². The molecule has 0 radical (unpaired) electrons. The number of hydrogen-bond acceptors (Lipinski definition) is 2. The minimum absolute atomic E-state index is 0.00222. The van der Waals surface area contributed by atoms with Crippen LogP contribution < -0.4 is 5.32 Å². The summed E-state index contributed by atoms with van der Waals surface area (Å²) in [7, 11) is 0. The van der Waals surface area contributed by atoms with Gasteiger partial charge in [0.25, 0.3) is 0 Å². The number of piperazine rings is 1. The Labute approximate surface area is 115 Å². The van der Waals surface area contributed by atoms with Gasteiger partial charge in [-0.1, -0.05) is 33.6 Å². The lowest BCUT2D eigenvalue weighted by Crippen LogP contribution is -2.71. The Balaban J connectivity index is 2.34. The van der Waals surface area contributed by atoms with Gasteiger partial charge in [0.15, 0.2) is 0 Å². The average molecular weight is 266 g/mol. The molecular formula is C15H26N2O2. The first-order valence-electron chi connectivity index (χ1n) is 7.34. The molecule has 2 amide bonds. The fourth-order valence-corrected chi connectivity index (χ4v) is 3.19. The van der Waals surface area contributed by atoms with Crippen LogP contribution in [0.15, 0.2) is 0 Å². The third-order valence-electron chi connectivity index (χ3n) is 4.93. The molecule has 1 aliphatic heterocycles. The Bertz CT molecular complexity index is 391. The summed E-state index contributed by atoms with van der Waals surface area (Å²) in [6.45, 7) is 10.2. The minimum Gasteiger partial charge on any atom is -0.340 e. The molecule has 1 N–H and O–H groups in total. The van der Waals surface area contributed by atoms with Crippen molar-refractivity contribution in [2.45, 2.75) is 77.9 Å². The Morgan fingerprint density at radius 2 is 1.79 bits per heavy atom. The van der Waals surface area contributed by atoms with Crippen LogP contribution in [0.5, 0.6) is 0 Å². The SMILES string of the molecule is CC1C(=O)NC2(CCCC2)C(=O)N1C(C)C(C)(C)C. The maximum absolute atomic E-state index is 12.9. The summed E-state index contributed by atoms with van der Waals surface area (Å²) in [5.41, 5.74) is -0.634. The molecule has 4 nitrogen and oxygen atoms in total. The van der Waals surface area contributed by atoms with Crippen LogP contribution in [0.25, 0.3) is 0 Å². The summed E-state index contributed by atoms with van der Waals surface area (Å²) in [5.74, 6) is 0.122. The molecule has 0 aromatic carbocycles. The number of nitrogens with one attached hydrogen (secondary N) is 1. The third-order valence-corrected chi connectivity index (χ3v) is 4.93. The van der Waals surface area contributed by atoms with E-state index in [9.17, 15) is 9.59 Å². The van der Waals surface area contributed by atoms with Crippen molar-refractivity contribution in [3.63, 3.8) is 0 Å². The predicted molar refractivity (Wildman–Crippen MR) is 74.6 cm³/mol. The van der Waals surface area contributed by atoms with Crippen LogP contribution in [0.2, 0.25) is 0 Å². The lowest BCUT2D eigenvalue weighted by molar-refractivity contribution is -0.159. The molecule has 108 valence electrons. The van der Waals surface area contributed by atoms with Crippen LogP contribution >= 0.6 is 0 Å². The largest absolute Gasteiger partial charge is 0.340 e. The van der Waals surface area contributed by atoms with E-state index in [4.69, 9.17) is 0 Å². The van der Waals surface area contributed by atoms with Gasteiger partial charge >= 0.3 is 0 Å². The highest BCUT2D eigenvalue weighted by Gasteiger charge is 2.53. The summed E-state index contributed by atoms with van der Waals surface area (Å²) in [4.78, 5) is 27.0. The van der Waals surface area contributed by atoms with E-state index in [2.05, 4.69) is 33.0 Å². The lowest BCUT2D eigenvalue weighted by atomic mass is 9.82. The van der Waals surface area contributed by atoms with Crippen molar-refractivity contribution in [2.75, 3.05) is 0 Å². The van der Waals surface area contributed by atoms with Crippen molar-refractivity contribution in [1.82, 2.24) is 10.2 Å². The zero-order valence-electron chi connectivity index (χ0n) is 12.7. The summed E-state index contributed by atoms with van der Waals surface area (Å²) in [6.07, 6.45) is 3.63. The zero-order valence-corrected chi connectivity index (χ0v) is 12.7. The van der Waals surface area contributed by atoms with Crippen LogP contribution in [-0.4, -0.2) is 34.3 Å². The second kappa shape index (κ2) is 4.50. The molecule has 19 heavy (non-hydrogen) atoms. The Morgan fingerprint density at radius 3 is 2.26 bits per heavy atom. The van der Waals surface area contributed by atoms with Gasteiger partial charge in [-0.3, -0.25) is 9.59 Å². The maximum Gasteiger partial charge on any atom is 0.249 e. The van der Waals surface area contributed by atoms with E-state index in [-0.39, 0.29) is 29.3 Å². The lowest BCUT2D eigenvalue weighted by Gasteiger charge is -2.49. The first-order chi connectivity index (χ1) is 8.69. The van der Waals surface area contributed by atoms with Gasteiger partial charge in [-0.25, -0.2) is 0 Å². The highest BCUT2D eigenvalue weighted by molar-refractivity contribution is 6.00.